The van der Waals surface area contributed by atoms with Crippen molar-refractivity contribution in [1.82, 2.24) is 19.7 Å². The van der Waals surface area contributed by atoms with Gasteiger partial charge in [-0.15, -0.1) is 0 Å². The number of aromatic nitrogens is 4. The molecule has 0 fully saturated rings. The molecule has 9 nitrogen and oxygen atoms in total. The summed E-state index contributed by atoms with van der Waals surface area (Å²) in [5.41, 5.74) is 2.33. The molecule has 0 saturated heterocycles. The fourth-order valence-electron chi connectivity index (χ4n) is 2.84. The molecule has 0 aliphatic carbocycles. The molecule has 2 N–H and O–H groups in total. The largest absolute Gasteiger partial charge is 0.493 e. The van der Waals surface area contributed by atoms with Crippen LogP contribution in [0.25, 0.3) is 5.95 Å². The van der Waals surface area contributed by atoms with E-state index in [0.29, 0.717) is 34.3 Å². The van der Waals surface area contributed by atoms with Crippen LogP contribution in [0, 0.1) is 20.8 Å². The monoisotopic (exact) mass is 397 g/mol. The Balaban J connectivity index is 1.84. The molecule has 3 aromatic rings. The molecule has 2 aromatic heterocycles. The fourth-order valence-corrected chi connectivity index (χ4v) is 2.84. The van der Waals surface area contributed by atoms with Crippen LogP contribution in [-0.4, -0.2) is 39.9 Å². The molecular weight excluding hydrogens is 374 g/mol. The maximum absolute atomic E-state index is 12.6. The first-order chi connectivity index (χ1) is 13.8. The highest BCUT2D eigenvalue weighted by Gasteiger charge is 2.15. The Kier molecular flexibility index (Phi) is 5.67. The van der Waals surface area contributed by atoms with Crippen LogP contribution >= 0.6 is 0 Å². The first kappa shape index (κ1) is 20.1. The molecule has 0 radical (unpaired) electrons. The van der Waals surface area contributed by atoms with E-state index in [1.165, 1.54) is 4.68 Å². The molecule has 9 heteroatoms. The van der Waals surface area contributed by atoms with Crippen molar-refractivity contribution in [2.24, 2.45) is 0 Å². The van der Waals surface area contributed by atoms with Crippen molar-refractivity contribution in [2.75, 3.05) is 19.5 Å². The van der Waals surface area contributed by atoms with Gasteiger partial charge in [0.1, 0.15) is 5.82 Å². The summed E-state index contributed by atoms with van der Waals surface area (Å²) in [5.74, 6) is 1.56. The Hall–Kier alpha value is -3.62. The van der Waals surface area contributed by atoms with Crippen molar-refractivity contribution in [3.8, 4) is 17.4 Å². The summed E-state index contributed by atoms with van der Waals surface area (Å²) in [6, 6.07) is 7.01. The van der Waals surface area contributed by atoms with Crippen LogP contribution in [0.15, 0.2) is 29.1 Å². The molecule has 0 atom stereocenters. The molecule has 152 valence electrons. The Bertz CT molecular complexity index is 1120. The fraction of sp³-hybridized carbons (Fsp3) is 0.300. The summed E-state index contributed by atoms with van der Waals surface area (Å²) >= 11 is 0. The van der Waals surface area contributed by atoms with Crippen LogP contribution in [0.1, 0.15) is 22.5 Å². The van der Waals surface area contributed by atoms with Crippen molar-refractivity contribution in [1.29, 1.82) is 0 Å². The van der Waals surface area contributed by atoms with E-state index in [2.05, 4.69) is 20.4 Å². The molecule has 0 saturated carbocycles. The zero-order chi connectivity index (χ0) is 21.1. The number of anilines is 1. The Morgan fingerprint density at radius 2 is 1.86 bits per heavy atom. The number of H-pyrrole nitrogens is 1. The van der Waals surface area contributed by atoms with Gasteiger partial charge in [-0.25, -0.2) is 4.98 Å². The highest BCUT2D eigenvalue weighted by molar-refractivity contribution is 5.91. The number of rotatable bonds is 6. The quantitative estimate of drug-likeness (QED) is 0.659. The van der Waals surface area contributed by atoms with Gasteiger partial charge in [-0.1, -0.05) is 6.07 Å². The van der Waals surface area contributed by atoms with Gasteiger partial charge in [0, 0.05) is 17.3 Å². The second-order valence-corrected chi connectivity index (χ2v) is 6.60. The minimum atomic E-state index is -0.247. The zero-order valence-electron chi connectivity index (χ0n) is 17.0. The Morgan fingerprint density at radius 3 is 2.52 bits per heavy atom. The van der Waals surface area contributed by atoms with E-state index in [0.717, 1.165) is 5.56 Å². The van der Waals surface area contributed by atoms with Crippen molar-refractivity contribution in [3.63, 3.8) is 0 Å². The van der Waals surface area contributed by atoms with E-state index in [9.17, 15) is 9.59 Å². The first-order valence-corrected chi connectivity index (χ1v) is 8.97. The van der Waals surface area contributed by atoms with Gasteiger partial charge in [0.2, 0.25) is 11.9 Å². The van der Waals surface area contributed by atoms with E-state index >= 15 is 0 Å². The van der Waals surface area contributed by atoms with E-state index in [-0.39, 0.29) is 23.8 Å². The third kappa shape index (κ3) is 4.29. The molecule has 0 aliphatic rings. The minimum absolute atomic E-state index is 0.126. The SMILES string of the molecule is COc1ccc(CC(=O)Nc2cc(C)nn2-c2nc(C)c(C)c(=O)[nH]2)cc1OC. The number of methoxy groups -OCH3 is 2. The third-order valence-corrected chi connectivity index (χ3v) is 4.49. The average molecular weight is 397 g/mol. The second-order valence-electron chi connectivity index (χ2n) is 6.60. The smallest absolute Gasteiger partial charge is 0.255 e. The molecule has 0 spiro atoms. The summed E-state index contributed by atoms with van der Waals surface area (Å²) in [4.78, 5) is 31.7. The van der Waals surface area contributed by atoms with Crippen LogP contribution in [-0.2, 0) is 11.2 Å². The summed E-state index contributed by atoms with van der Waals surface area (Å²) in [6.45, 7) is 5.24. The molecular formula is C20H23N5O4. The third-order valence-electron chi connectivity index (χ3n) is 4.49. The van der Waals surface area contributed by atoms with Crippen LogP contribution < -0.4 is 20.3 Å². The van der Waals surface area contributed by atoms with E-state index < -0.39 is 0 Å². The highest BCUT2D eigenvalue weighted by atomic mass is 16.5. The number of carbonyl (C=O) groups excluding carboxylic acids is 1. The van der Waals surface area contributed by atoms with Crippen LogP contribution in [0.3, 0.4) is 0 Å². The maximum Gasteiger partial charge on any atom is 0.255 e. The van der Waals surface area contributed by atoms with Crippen LogP contribution in [0.2, 0.25) is 0 Å². The number of hydrogen-bond acceptors (Lipinski definition) is 6. The first-order valence-electron chi connectivity index (χ1n) is 8.97. The molecule has 1 amide bonds. The number of aryl methyl sites for hydroxylation is 2. The van der Waals surface area contributed by atoms with Crippen molar-refractivity contribution in [3.05, 3.63) is 57.1 Å². The topological polar surface area (TPSA) is 111 Å². The second kappa shape index (κ2) is 8.17. The number of hydrogen-bond donors (Lipinski definition) is 2. The Labute approximate surface area is 167 Å². The number of amides is 1. The van der Waals surface area contributed by atoms with Crippen molar-refractivity contribution < 1.29 is 14.3 Å². The summed E-state index contributed by atoms with van der Waals surface area (Å²) in [6.07, 6.45) is 0.126. The van der Waals surface area contributed by atoms with Gasteiger partial charge < -0.3 is 14.8 Å². The predicted octanol–water partition coefficient (Wildman–Crippen LogP) is 2.08. The van der Waals surface area contributed by atoms with E-state index in [1.54, 1.807) is 59.3 Å². The number of carbonyl (C=O) groups is 1. The normalized spacial score (nSPS) is 10.7. The molecule has 0 unspecified atom stereocenters. The molecule has 0 aliphatic heterocycles. The van der Waals surface area contributed by atoms with Gasteiger partial charge in [0.25, 0.3) is 5.56 Å². The van der Waals surface area contributed by atoms with Gasteiger partial charge in [-0.2, -0.15) is 9.78 Å². The number of aromatic amines is 1. The lowest BCUT2D eigenvalue weighted by molar-refractivity contribution is -0.115. The van der Waals surface area contributed by atoms with Gasteiger partial charge in [0.15, 0.2) is 11.5 Å². The highest BCUT2D eigenvalue weighted by Crippen LogP contribution is 2.27. The molecule has 3 rings (SSSR count). The van der Waals surface area contributed by atoms with Crippen molar-refractivity contribution in [2.45, 2.75) is 27.2 Å². The minimum Gasteiger partial charge on any atom is -0.493 e. The summed E-state index contributed by atoms with van der Waals surface area (Å²) in [7, 11) is 3.10. The van der Waals surface area contributed by atoms with Gasteiger partial charge >= 0.3 is 0 Å². The lowest BCUT2D eigenvalue weighted by Gasteiger charge is -2.11. The van der Waals surface area contributed by atoms with Gasteiger partial charge in [0.05, 0.1) is 26.3 Å². The molecule has 0 bridgehead atoms. The lowest BCUT2D eigenvalue weighted by Crippen LogP contribution is -2.21. The number of nitrogens with zero attached hydrogens (tertiary/aromatic N) is 3. The molecule has 2 heterocycles. The predicted molar refractivity (Wildman–Crippen MR) is 108 cm³/mol. The van der Waals surface area contributed by atoms with Crippen LogP contribution in [0.5, 0.6) is 11.5 Å². The standard InChI is InChI=1S/C20H23N5O4/c1-11-8-17(25(24-11)20-21-13(3)12(2)19(27)23-20)22-18(26)10-14-6-7-15(28-4)16(9-14)29-5/h6-9H,10H2,1-5H3,(H,22,26)(H,21,23,27). The molecule has 29 heavy (non-hydrogen) atoms. The van der Waals surface area contributed by atoms with E-state index in [4.69, 9.17) is 9.47 Å². The summed E-state index contributed by atoms with van der Waals surface area (Å²) in [5, 5.41) is 7.16. The van der Waals surface area contributed by atoms with Crippen LogP contribution in [0.4, 0.5) is 5.82 Å². The Morgan fingerprint density at radius 1 is 1.14 bits per heavy atom. The lowest BCUT2D eigenvalue weighted by atomic mass is 10.1. The van der Waals surface area contributed by atoms with Gasteiger partial charge in [-0.3, -0.25) is 14.6 Å². The van der Waals surface area contributed by atoms with Crippen molar-refractivity contribution >= 4 is 11.7 Å². The number of nitrogens with one attached hydrogen (secondary N) is 2. The zero-order valence-corrected chi connectivity index (χ0v) is 17.0. The summed E-state index contributed by atoms with van der Waals surface area (Å²) < 4.78 is 11.9. The average Bonchev–Trinajstić information content (AvgIpc) is 3.05. The number of benzene rings is 1. The molecule has 1 aromatic carbocycles. The maximum atomic E-state index is 12.6. The van der Waals surface area contributed by atoms with E-state index in [1.807, 2.05) is 0 Å². The van der Waals surface area contributed by atoms with Gasteiger partial charge in [-0.05, 0) is 38.5 Å². The number of ether oxygens (including phenoxy) is 2.